The highest BCUT2D eigenvalue weighted by atomic mass is 19.1. The van der Waals surface area contributed by atoms with E-state index in [1.165, 1.54) is 0 Å². The van der Waals surface area contributed by atoms with E-state index in [-0.39, 0.29) is 11.4 Å². The summed E-state index contributed by atoms with van der Waals surface area (Å²) in [5, 5.41) is 3.69. The molecule has 0 radical (unpaired) electrons. The van der Waals surface area contributed by atoms with E-state index in [9.17, 15) is 13.6 Å². The van der Waals surface area contributed by atoms with Gasteiger partial charge >= 0.3 is 6.03 Å². The number of urea groups is 1. The van der Waals surface area contributed by atoms with Crippen molar-refractivity contribution in [3.05, 3.63) is 59.2 Å². The number of nitrogen functional groups attached to an aromatic ring is 1. The zero-order valence-electron chi connectivity index (χ0n) is 12.0. The molecule has 2 aromatic carbocycles. The molecule has 5 nitrogen and oxygen atoms in total. The summed E-state index contributed by atoms with van der Waals surface area (Å²) in [6.45, 7) is 2.26. The van der Waals surface area contributed by atoms with Crippen molar-refractivity contribution in [2.75, 3.05) is 5.43 Å². The van der Waals surface area contributed by atoms with E-state index in [1.807, 2.05) is 31.2 Å². The number of quaternary nitrogens is 1. The average molecular weight is 307 g/mol. The van der Waals surface area contributed by atoms with Gasteiger partial charge < -0.3 is 10.7 Å². The summed E-state index contributed by atoms with van der Waals surface area (Å²) in [5.41, 5.74) is 4.09. The number of rotatable bonds is 4. The van der Waals surface area contributed by atoms with E-state index in [1.54, 1.807) is 0 Å². The Balaban J connectivity index is 2.03. The minimum absolute atomic E-state index is 0.00297. The third-order valence-corrected chi connectivity index (χ3v) is 3.07. The van der Waals surface area contributed by atoms with Crippen LogP contribution in [0, 0.1) is 18.6 Å². The van der Waals surface area contributed by atoms with Crippen LogP contribution >= 0.6 is 0 Å². The van der Waals surface area contributed by atoms with Crippen LogP contribution in [0.25, 0.3) is 0 Å². The van der Waals surface area contributed by atoms with Crippen LogP contribution in [0.1, 0.15) is 11.1 Å². The molecule has 0 atom stereocenters. The van der Waals surface area contributed by atoms with Gasteiger partial charge in [-0.1, -0.05) is 29.8 Å². The predicted molar refractivity (Wildman–Crippen MR) is 79.2 cm³/mol. The lowest BCUT2D eigenvalue weighted by molar-refractivity contribution is -0.466. The monoisotopic (exact) mass is 307 g/mol. The van der Waals surface area contributed by atoms with E-state index >= 15 is 0 Å². The van der Waals surface area contributed by atoms with Crippen LogP contribution in [0.2, 0.25) is 0 Å². The van der Waals surface area contributed by atoms with Crippen LogP contribution in [-0.4, -0.2) is 6.03 Å². The normalized spacial score (nSPS) is 10.4. The summed E-state index contributed by atoms with van der Waals surface area (Å²) in [7, 11) is 0. The fraction of sp³-hybridized carbons (Fsp3) is 0.133. The van der Waals surface area contributed by atoms with Crippen molar-refractivity contribution < 1.29 is 18.9 Å². The first-order valence-electron chi connectivity index (χ1n) is 6.63. The van der Waals surface area contributed by atoms with Crippen LogP contribution in [0.4, 0.5) is 25.0 Å². The molecule has 0 aliphatic rings. The van der Waals surface area contributed by atoms with Gasteiger partial charge in [0.25, 0.3) is 0 Å². The molecule has 0 unspecified atom stereocenters. The maximum atomic E-state index is 13.7. The highest BCUT2D eigenvalue weighted by molar-refractivity contribution is 5.70. The molecule has 0 spiro atoms. The number of anilines is 1. The molecular formula is C15H17F2N4O+. The SMILES string of the molecule is Cc1cccc(CNC(=O)[NH2+]c2c(F)cc(F)cc2NN)c1. The molecule has 0 bridgehead atoms. The molecule has 2 rings (SSSR count). The molecule has 0 aliphatic carbocycles. The number of carbonyl (C=O) groups excluding carboxylic acids is 1. The average Bonchev–Trinajstić information content (AvgIpc) is 2.47. The second-order valence-electron chi connectivity index (χ2n) is 4.84. The molecule has 116 valence electrons. The van der Waals surface area contributed by atoms with Gasteiger partial charge in [-0.25, -0.2) is 18.9 Å². The van der Waals surface area contributed by atoms with E-state index in [0.29, 0.717) is 12.6 Å². The van der Waals surface area contributed by atoms with Gasteiger partial charge in [-0.2, -0.15) is 0 Å². The number of hydrazine groups is 1. The van der Waals surface area contributed by atoms with Crippen LogP contribution < -0.4 is 21.9 Å². The lowest BCUT2D eigenvalue weighted by Crippen LogP contribution is -2.85. The number of halogens is 2. The van der Waals surface area contributed by atoms with Gasteiger partial charge in [0.05, 0.1) is 0 Å². The molecule has 0 heterocycles. The Morgan fingerprint density at radius 3 is 2.73 bits per heavy atom. The van der Waals surface area contributed by atoms with Crippen LogP contribution in [0.5, 0.6) is 0 Å². The number of hydrogen-bond acceptors (Lipinski definition) is 3. The summed E-state index contributed by atoms with van der Waals surface area (Å²) < 4.78 is 26.8. The number of primary amides is 1. The van der Waals surface area contributed by atoms with Gasteiger partial charge in [-0.3, -0.25) is 5.84 Å². The van der Waals surface area contributed by atoms with Crippen molar-refractivity contribution in [3.63, 3.8) is 0 Å². The Bertz CT molecular complexity index is 691. The fourth-order valence-electron chi connectivity index (χ4n) is 2.04. The number of nitrogens with two attached hydrogens (primary N) is 2. The summed E-state index contributed by atoms with van der Waals surface area (Å²) in [6, 6.07) is 8.86. The number of benzene rings is 2. The lowest BCUT2D eigenvalue weighted by Gasteiger charge is -2.08. The molecular weight excluding hydrogens is 290 g/mol. The zero-order chi connectivity index (χ0) is 16.1. The highest BCUT2D eigenvalue weighted by Gasteiger charge is 2.18. The third kappa shape index (κ3) is 4.00. The number of amides is 2. The van der Waals surface area contributed by atoms with Gasteiger partial charge in [-0.15, -0.1) is 0 Å². The van der Waals surface area contributed by atoms with Crippen molar-refractivity contribution in [3.8, 4) is 0 Å². The quantitative estimate of drug-likeness (QED) is 0.394. The van der Waals surface area contributed by atoms with Crippen LogP contribution in [0.3, 0.4) is 0 Å². The van der Waals surface area contributed by atoms with E-state index in [0.717, 1.165) is 22.5 Å². The van der Waals surface area contributed by atoms with Crippen LogP contribution in [0.15, 0.2) is 36.4 Å². The minimum atomic E-state index is -0.862. The van der Waals surface area contributed by atoms with Crippen molar-refractivity contribution in [1.29, 1.82) is 0 Å². The topological polar surface area (TPSA) is 83.8 Å². The van der Waals surface area contributed by atoms with Crippen molar-refractivity contribution in [1.82, 2.24) is 5.32 Å². The maximum Gasteiger partial charge on any atom is 0.418 e. The molecule has 2 amide bonds. The predicted octanol–water partition coefficient (Wildman–Crippen LogP) is 1.66. The van der Waals surface area contributed by atoms with E-state index in [4.69, 9.17) is 5.84 Å². The van der Waals surface area contributed by atoms with Crippen molar-refractivity contribution in [2.45, 2.75) is 13.5 Å². The fourth-order valence-corrected chi connectivity index (χ4v) is 2.04. The first-order chi connectivity index (χ1) is 10.5. The maximum absolute atomic E-state index is 13.7. The molecule has 2 aromatic rings. The van der Waals surface area contributed by atoms with E-state index in [2.05, 4.69) is 10.7 Å². The molecule has 0 saturated carbocycles. The molecule has 6 N–H and O–H groups in total. The molecule has 0 fully saturated rings. The number of carbonyl (C=O) groups is 1. The second kappa shape index (κ2) is 6.97. The molecule has 0 aromatic heterocycles. The number of hydrogen-bond donors (Lipinski definition) is 4. The first kappa shape index (κ1) is 15.9. The van der Waals surface area contributed by atoms with Crippen LogP contribution in [-0.2, 0) is 6.54 Å². The smallest absolute Gasteiger partial charge is 0.319 e. The Morgan fingerprint density at radius 2 is 2.05 bits per heavy atom. The van der Waals surface area contributed by atoms with Crippen molar-refractivity contribution in [2.24, 2.45) is 5.84 Å². The number of nitrogens with one attached hydrogen (secondary N) is 2. The highest BCUT2D eigenvalue weighted by Crippen LogP contribution is 2.21. The van der Waals surface area contributed by atoms with Gasteiger partial charge in [0, 0.05) is 18.7 Å². The molecule has 0 saturated heterocycles. The summed E-state index contributed by atoms with van der Waals surface area (Å²) in [4.78, 5) is 11.9. The minimum Gasteiger partial charge on any atom is -0.319 e. The molecule has 22 heavy (non-hydrogen) atoms. The Kier molecular flexibility index (Phi) is 5.03. The molecule has 7 heteroatoms. The van der Waals surface area contributed by atoms with Gasteiger partial charge in [-0.05, 0) is 12.5 Å². The Labute approximate surface area is 126 Å². The Morgan fingerprint density at radius 1 is 1.27 bits per heavy atom. The van der Waals surface area contributed by atoms with Crippen molar-refractivity contribution >= 4 is 17.4 Å². The zero-order valence-corrected chi connectivity index (χ0v) is 12.0. The third-order valence-electron chi connectivity index (χ3n) is 3.07. The largest absolute Gasteiger partial charge is 0.418 e. The summed E-state index contributed by atoms with van der Waals surface area (Å²) in [6.07, 6.45) is 0. The number of aryl methyl sites for hydroxylation is 1. The van der Waals surface area contributed by atoms with Gasteiger partial charge in [0.2, 0.25) is 0 Å². The van der Waals surface area contributed by atoms with Gasteiger partial charge in [0.15, 0.2) is 11.5 Å². The Hall–Kier alpha value is -2.51. The van der Waals surface area contributed by atoms with E-state index < -0.39 is 17.7 Å². The summed E-state index contributed by atoms with van der Waals surface area (Å²) in [5.74, 6) is 3.57. The molecule has 0 aliphatic heterocycles. The first-order valence-corrected chi connectivity index (χ1v) is 6.63. The second-order valence-corrected chi connectivity index (χ2v) is 4.84. The summed E-state index contributed by atoms with van der Waals surface area (Å²) >= 11 is 0. The standard InChI is InChI=1S/C15H16F2N4O/c1-9-3-2-4-10(5-9)8-19-15(22)20-14-12(17)6-11(16)7-13(14)21-18/h2-7,21H,8,18H2,1H3,(H2,19,20,22)/p+1. The lowest BCUT2D eigenvalue weighted by atomic mass is 10.1. The van der Waals surface area contributed by atoms with Gasteiger partial charge in [0.1, 0.15) is 11.5 Å².